The number of halogens is 7. The van der Waals surface area contributed by atoms with E-state index in [1.165, 1.54) is 19.6 Å². The molecular formula is C6H15Al2Cl7N-. The van der Waals surface area contributed by atoms with E-state index in [4.69, 9.17) is 0 Å². The molecule has 0 N–H and O–H groups in total. The summed E-state index contributed by atoms with van der Waals surface area (Å²) in [6, 6.07) is 0. The van der Waals surface area contributed by atoms with Crippen molar-refractivity contribution in [1.82, 2.24) is 4.90 Å². The minimum absolute atomic E-state index is 0. The molecular weight excluding hydrogens is 388 g/mol. The smallest absolute Gasteiger partial charge is 1.00 e. The third-order valence-electron chi connectivity index (χ3n) is 1.34. The predicted octanol–water partition coefficient (Wildman–Crippen LogP) is -20.4. The maximum Gasteiger partial charge on any atom is 3.00 e. The minimum atomic E-state index is 0. The van der Waals surface area contributed by atoms with Crippen LogP contribution in [0, 0.1) is 0 Å². The van der Waals surface area contributed by atoms with E-state index in [2.05, 4.69) is 25.7 Å². The van der Waals surface area contributed by atoms with E-state index in [1.54, 1.807) is 0 Å². The largest absolute Gasteiger partial charge is 3.00 e. The van der Waals surface area contributed by atoms with Crippen molar-refractivity contribution in [1.29, 1.82) is 0 Å². The average molecular weight is 403 g/mol. The summed E-state index contributed by atoms with van der Waals surface area (Å²) in [7, 11) is 0. The van der Waals surface area contributed by atoms with Crippen LogP contribution in [0.5, 0.6) is 0 Å². The summed E-state index contributed by atoms with van der Waals surface area (Å²) in [5.41, 5.74) is 0. The van der Waals surface area contributed by atoms with Gasteiger partial charge < -0.3 is 91.7 Å². The normalized spacial score (nSPS) is 4.50. The van der Waals surface area contributed by atoms with E-state index in [0.717, 1.165) is 0 Å². The molecule has 1 nitrogen and oxygen atoms in total. The van der Waals surface area contributed by atoms with Gasteiger partial charge in [-0.2, -0.15) is 0 Å². The topological polar surface area (TPSA) is 3.24 Å². The molecule has 0 spiro atoms. The molecule has 0 saturated carbocycles. The Bertz CT molecular complexity index is 48.3. The Hall–Kier alpha value is 3.05. The van der Waals surface area contributed by atoms with Crippen molar-refractivity contribution < 1.29 is 86.8 Å². The third-order valence-corrected chi connectivity index (χ3v) is 1.34. The molecule has 0 aliphatic carbocycles. The van der Waals surface area contributed by atoms with Crippen molar-refractivity contribution in [3.63, 3.8) is 0 Å². The number of hydrogen-bond acceptors (Lipinski definition) is 1. The van der Waals surface area contributed by atoms with Crippen molar-refractivity contribution in [2.75, 3.05) is 19.6 Å². The Morgan fingerprint density at radius 1 is 0.500 bits per heavy atom. The summed E-state index contributed by atoms with van der Waals surface area (Å²) >= 11 is 0. The van der Waals surface area contributed by atoms with Gasteiger partial charge in [0.2, 0.25) is 0 Å². The Balaban J connectivity index is -0.00000000500. The first-order chi connectivity index (χ1) is 3.35. The zero-order valence-corrected chi connectivity index (χ0v) is 17.0. The van der Waals surface area contributed by atoms with Crippen LogP contribution in [0.3, 0.4) is 0 Å². The van der Waals surface area contributed by atoms with Gasteiger partial charge >= 0.3 is 34.7 Å². The first kappa shape index (κ1) is 75.8. The Kier molecular flexibility index (Phi) is 303. The first-order valence-electron chi connectivity index (χ1n) is 3.07. The number of hydrogen-bond donors (Lipinski definition) is 0. The van der Waals surface area contributed by atoms with Crippen molar-refractivity contribution in [2.45, 2.75) is 20.8 Å². The van der Waals surface area contributed by atoms with Gasteiger partial charge in [0.05, 0.1) is 0 Å². The van der Waals surface area contributed by atoms with Crippen LogP contribution >= 0.6 is 0 Å². The van der Waals surface area contributed by atoms with Gasteiger partial charge in [0.1, 0.15) is 0 Å². The van der Waals surface area contributed by atoms with E-state index >= 15 is 0 Å². The fraction of sp³-hybridized carbons (Fsp3) is 1.00. The summed E-state index contributed by atoms with van der Waals surface area (Å²) in [5, 5.41) is 0. The molecule has 0 atom stereocenters. The Morgan fingerprint density at radius 3 is 0.625 bits per heavy atom. The van der Waals surface area contributed by atoms with Gasteiger partial charge in [0, 0.05) is 0 Å². The second kappa shape index (κ2) is 64.1. The van der Waals surface area contributed by atoms with Crippen molar-refractivity contribution in [3.8, 4) is 0 Å². The van der Waals surface area contributed by atoms with Gasteiger partial charge in [-0.05, 0) is 19.6 Å². The summed E-state index contributed by atoms with van der Waals surface area (Å²) in [6.07, 6.45) is 0. The van der Waals surface area contributed by atoms with E-state index in [0.29, 0.717) is 0 Å². The van der Waals surface area contributed by atoms with E-state index in [1.807, 2.05) is 0 Å². The van der Waals surface area contributed by atoms with Crippen LogP contribution in [0.4, 0.5) is 0 Å². The van der Waals surface area contributed by atoms with E-state index in [-0.39, 0.29) is 122 Å². The zero-order valence-electron chi connectivity index (χ0n) is 9.37. The third kappa shape index (κ3) is 53.6. The van der Waals surface area contributed by atoms with Crippen molar-refractivity contribution in [3.05, 3.63) is 0 Å². The Labute approximate surface area is 165 Å². The van der Waals surface area contributed by atoms with Crippen molar-refractivity contribution >= 4 is 34.7 Å². The standard InChI is InChI=1S/C6H15N.2Al.7ClH/c1-4-7(5-2)6-3;;;;;;;;;/h4-6H2,1-3H3;;;7*1H/q;2*+3;;;;;;;/p-7. The summed E-state index contributed by atoms with van der Waals surface area (Å²) in [6.45, 7) is 10.1. The molecule has 0 aromatic heterocycles. The fourth-order valence-electron chi connectivity index (χ4n) is 0.671. The van der Waals surface area contributed by atoms with Gasteiger partial charge in [-0.1, -0.05) is 20.8 Å². The molecule has 0 aromatic carbocycles. The van der Waals surface area contributed by atoms with Crippen LogP contribution in [-0.2, 0) is 0 Å². The number of nitrogens with zero attached hydrogens (tertiary/aromatic N) is 1. The SMILES string of the molecule is CCN(CC)CC.[Al+3].[Al+3].[Cl-].[Cl-].[Cl-].[Cl-].[Cl-].[Cl-].[Cl-]. The van der Waals surface area contributed by atoms with Crippen LogP contribution in [-0.4, -0.2) is 59.3 Å². The molecule has 0 aliphatic rings. The molecule has 16 heavy (non-hydrogen) atoms. The summed E-state index contributed by atoms with van der Waals surface area (Å²) in [5.74, 6) is 0. The van der Waals surface area contributed by atoms with Gasteiger partial charge in [-0.15, -0.1) is 0 Å². The molecule has 10 heteroatoms. The molecule has 0 amide bonds. The van der Waals surface area contributed by atoms with E-state index < -0.39 is 0 Å². The fourth-order valence-corrected chi connectivity index (χ4v) is 0.671. The molecule has 0 rings (SSSR count). The van der Waals surface area contributed by atoms with Gasteiger partial charge in [-0.3, -0.25) is 0 Å². The second-order valence-corrected chi connectivity index (χ2v) is 1.62. The molecule has 0 aromatic rings. The molecule has 0 saturated heterocycles. The van der Waals surface area contributed by atoms with Crippen LogP contribution in [0.15, 0.2) is 0 Å². The number of rotatable bonds is 3. The molecule has 0 radical (unpaired) electrons. The zero-order chi connectivity index (χ0) is 5.70. The van der Waals surface area contributed by atoms with Gasteiger partial charge in [0.15, 0.2) is 0 Å². The van der Waals surface area contributed by atoms with Crippen molar-refractivity contribution in [2.24, 2.45) is 0 Å². The molecule has 0 unspecified atom stereocenters. The molecule has 100 valence electrons. The second-order valence-electron chi connectivity index (χ2n) is 1.62. The summed E-state index contributed by atoms with van der Waals surface area (Å²) in [4.78, 5) is 2.38. The summed E-state index contributed by atoms with van der Waals surface area (Å²) < 4.78 is 0. The quantitative estimate of drug-likeness (QED) is 0.424. The van der Waals surface area contributed by atoms with Crippen LogP contribution in [0.1, 0.15) is 20.8 Å². The predicted molar refractivity (Wildman–Crippen MR) is 45.0 cm³/mol. The average Bonchev–Trinajstić information content (AvgIpc) is 1.72. The Morgan fingerprint density at radius 2 is 0.625 bits per heavy atom. The van der Waals surface area contributed by atoms with Gasteiger partial charge in [0.25, 0.3) is 0 Å². The molecule has 0 heterocycles. The maximum absolute atomic E-state index is 2.38. The monoisotopic (exact) mass is 400 g/mol. The van der Waals surface area contributed by atoms with Crippen LogP contribution in [0.2, 0.25) is 0 Å². The molecule has 0 bridgehead atoms. The van der Waals surface area contributed by atoms with Crippen LogP contribution < -0.4 is 86.8 Å². The maximum atomic E-state index is 2.38. The minimum Gasteiger partial charge on any atom is -1.00 e. The van der Waals surface area contributed by atoms with Crippen LogP contribution in [0.25, 0.3) is 0 Å². The van der Waals surface area contributed by atoms with Gasteiger partial charge in [-0.25, -0.2) is 0 Å². The first-order valence-corrected chi connectivity index (χ1v) is 3.07. The molecule has 0 fully saturated rings. The molecule has 0 aliphatic heterocycles. The van der Waals surface area contributed by atoms with E-state index in [9.17, 15) is 0 Å².